The molecule has 6 nitrogen and oxygen atoms in total. The molecular weight excluding hydrogens is 182 g/mol. The second kappa shape index (κ2) is 4.47. The Kier molecular flexibility index (Phi) is 3.05. The molecular formula is C8H15N5O. The van der Waals surface area contributed by atoms with E-state index in [1.165, 1.54) is 0 Å². The number of hydrogen-bond acceptors (Lipinski definition) is 5. The maximum atomic E-state index is 5.51. The monoisotopic (exact) mass is 197 g/mol. The molecule has 6 heteroatoms. The predicted molar refractivity (Wildman–Crippen MR) is 49.5 cm³/mol. The fourth-order valence-electron chi connectivity index (χ4n) is 1.65. The molecule has 1 atom stereocenters. The highest BCUT2D eigenvalue weighted by molar-refractivity contribution is 4.82. The molecule has 14 heavy (non-hydrogen) atoms. The van der Waals surface area contributed by atoms with Crippen LogP contribution in [0.1, 0.15) is 18.7 Å². The van der Waals surface area contributed by atoms with E-state index < -0.39 is 0 Å². The smallest absolute Gasteiger partial charge is 0.152 e. The highest BCUT2D eigenvalue weighted by atomic mass is 16.5. The molecule has 0 radical (unpaired) electrons. The van der Waals surface area contributed by atoms with E-state index in [9.17, 15) is 0 Å². The molecule has 2 heterocycles. The Hall–Kier alpha value is -1.01. The molecule has 1 aromatic rings. The fourth-order valence-corrected chi connectivity index (χ4v) is 1.65. The van der Waals surface area contributed by atoms with Crippen molar-refractivity contribution < 1.29 is 4.74 Å². The van der Waals surface area contributed by atoms with E-state index >= 15 is 0 Å². The van der Waals surface area contributed by atoms with Gasteiger partial charge in [-0.25, -0.2) is 4.68 Å². The predicted octanol–water partition coefficient (Wildman–Crippen LogP) is -0.647. The third-order valence-electron chi connectivity index (χ3n) is 2.37. The summed E-state index contributed by atoms with van der Waals surface area (Å²) < 4.78 is 7.31. The van der Waals surface area contributed by atoms with Gasteiger partial charge in [0.2, 0.25) is 0 Å². The van der Waals surface area contributed by atoms with Gasteiger partial charge in [-0.05, 0) is 29.8 Å². The summed E-state index contributed by atoms with van der Waals surface area (Å²) in [7, 11) is 0. The van der Waals surface area contributed by atoms with Gasteiger partial charge < -0.3 is 10.5 Å². The molecule has 2 rings (SSSR count). The van der Waals surface area contributed by atoms with Crippen molar-refractivity contribution in [2.24, 2.45) is 5.73 Å². The Balaban J connectivity index is 1.96. The van der Waals surface area contributed by atoms with Crippen LogP contribution in [0, 0.1) is 0 Å². The standard InChI is InChI=1S/C8H15N5O/c9-4-3-8-10-11-12-13(8)6-7-2-1-5-14-7/h7H,1-6,9H2. The minimum Gasteiger partial charge on any atom is -0.376 e. The number of nitrogens with two attached hydrogens (primary N) is 1. The van der Waals surface area contributed by atoms with E-state index in [1.54, 1.807) is 4.68 Å². The molecule has 0 spiro atoms. The van der Waals surface area contributed by atoms with Crippen LogP contribution in [-0.4, -0.2) is 39.5 Å². The van der Waals surface area contributed by atoms with Crippen LogP contribution in [-0.2, 0) is 17.7 Å². The molecule has 2 N–H and O–H groups in total. The Morgan fingerprint density at radius 1 is 1.57 bits per heavy atom. The zero-order valence-corrected chi connectivity index (χ0v) is 8.09. The van der Waals surface area contributed by atoms with Gasteiger partial charge >= 0.3 is 0 Å². The van der Waals surface area contributed by atoms with Crippen molar-refractivity contribution in [2.45, 2.75) is 31.9 Å². The first-order valence-electron chi connectivity index (χ1n) is 4.97. The van der Waals surface area contributed by atoms with E-state index in [2.05, 4.69) is 15.5 Å². The summed E-state index contributed by atoms with van der Waals surface area (Å²) in [6.45, 7) is 2.19. The van der Waals surface area contributed by atoms with Gasteiger partial charge in [0.05, 0.1) is 12.6 Å². The first kappa shape index (κ1) is 9.54. The topological polar surface area (TPSA) is 78.9 Å². The summed E-state index contributed by atoms with van der Waals surface area (Å²) in [5.74, 6) is 0.850. The van der Waals surface area contributed by atoms with Crippen molar-refractivity contribution in [2.75, 3.05) is 13.2 Å². The SMILES string of the molecule is NCCc1nnnn1CC1CCCO1. The van der Waals surface area contributed by atoms with Crippen molar-refractivity contribution in [1.82, 2.24) is 20.2 Å². The molecule has 0 bridgehead atoms. The highest BCUT2D eigenvalue weighted by Gasteiger charge is 2.18. The summed E-state index contributed by atoms with van der Waals surface area (Å²) in [6.07, 6.45) is 3.23. The zero-order chi connectivity index (χ0) is 9.80. The lowest BCUT2D eigenvalue weighted by atomic mass is 10.2. The molecule has 1 aromatic heterocycles. The van der Waals surface area contributed by atoms with Crippen LogP contribution >= 0.6 is 0 Å². The molecule has 1 aliphatic heterocycles. The first-order chi connectivity index (χ1) is 6.90. The van der Waals surface area contributed by atoms with Gasteiger partial charge in [-0.1, -0.05) is 0 Å². The quantitative estimate of drug-likeness (QED) is 0.694. The Morgan fingerprint density at radius 3 is 3.21 bits per heavy atom. The van der Waals surface area contributed by atoms with Gasteiger partial charge in [-0.15, -0.1) is 5.10 Å². The van der Waals surface area contributed by atoms with Crippen molar-refractivity contribution in [1.29, 1.82) is 0 Å². The Bertz CT molecular complexity index is 281. The van der Waals surface area contributed by atoms with E-state index in [0.29, 0.717) is 6.54 Å². The summed E-state index contributed by atoms with van der Waals surface area (Å²) in [6, 6.07) is 0. The molecule has 78 valence electrons. The molecule has 0 saturated carbocycles. The van der Waals surface area contributed by atoms with Crippen molar-refractivity contribution in [3.63, 3.8) is 0 Å². The molecule has 0 aromatic carbocycles. The maximum Gasteiger partial charge on any atom is 0.152 e. The molecule has 0 amide bonds. The Labute approximate surface area is 82.4 Å². The van der Waals surface area contributed by atoms with Crippen LogP contribution < -0.4 is 5.73 Å². The summed E-state index contributed by atoms with van der Waals surface area (Å²) in [5.41, 5.74) is 5.46. The zero-order valence-electron chi connectivity index (χ0n) is 8.09. The number of aromatic nitrogens is 4. The number of nitrogens with zero attached hydrogens (tertiary/aromatic N) is 4. The normalized spacial score (nSPS) is 21.6. The van der Waals surface area contributed by atoms with Crippen LogP contribution in [0.25, 0.3) is 0 Å². The van der Waals surface area contributed by atoms with Crippen molar-refractivity contribution in [3.8, 4) is 0 Å². The summed E-state index contributed by atoms with van der Waals surface area (Å²) in [5, 5.41) is 11.5. The molecule has 0 aliphatic carbocycles. The van der Waals surface area contributed by atoms with Gasteiger partial charge in [0.25, 0.3) is 0 Å². The van der Waals surface area contributed by atoms with Crippen molar-refractivity contribution in [3.05, 3.63) is 5.82 Å². The van der Waals surface area contributed by atoms with Gasteiger partial charge in [0.1, 0.15) is 0 Å². The lowest BCUT2D eigenvalue weighted by Crippen LogP contribution is -2.19. The van der Waals surface area contributed by atoms with Crippen LogP contribution in [0.2, 0.25) is 0 Å². The average molecular weight is 197 g/mol. The van der Waals surface area contributed by atoms with E-state index in [1.807, 2.05) is 0 Å². The number of hydrogen-bond donors (Lipinski definition) is 1. The first-order valence-corrected chi connectivity index (χ1v) is 4.97. The van der Waals surface area contributed by atoms with Crippen LogP contribution in [0.4, 0.5) is 0 Å². The van der Waals surface area contributed by atoms with E-state index in [4.69, 9.17) is 10.5 Å². The van der Waals surface area contributed by atoms with Gasteiger partial charge in [-0.2, -0.15) is 0 Å². The number of tetrazole rings is 1. The second-order valence-corrected chi connectivity index (χ2v) is 3.45. The average Bonchev–Trinajstić information content (AvgIpc) is 2.80. The minimum atomic E-state index is 0.273. The summed E-state index contributed by atoms with van der Waals surface area (Å²) >= 11 is 0. The molecule has 1 saturated heterocycles. The second-order valence-electron chi connectivity index (χ2n) is 3.45. The van der Waals surface area contributed by atoms with Gasteiger partial charge in [0.15, 0.2) is 5.82 Å². The third kappa shape index (κ3) is 2.08. The Morgan fingerprint density at radius 2 is 2.50 bits per heavy atom. The molecule has 1 aliphatic rings. The van der Waals surface area contributed by atoms with Crippen LogP contribution in [0.5, 0.6) is 0 Å². The van der Waals surface area contributed by atoms with Crippen LogP contribution in [0.15, 0.2) is 0 Å². The van der Waals surface area contributed by atoms with Crippen molar-refractivity contribution >= 4 is 0 Å². The summed E-state index contributed by atoms with van der Waals surface area (Å²) in [4.78, 5) is 0. The van der Waals surface area contributed by atoms with Crippen LogP contribution in [0.3, 0.4) is 0 Å². The minimum absolute atomic E-state index is 0.273. The van der Waals surface area contributed by atoms with Gasteiger partial charge in [-0.3, -0.25) is 0 Å². The van der Waals surface area contributed by atoms with E-state index in [-0.39, 0.29) is 6.10 Å². The lowest BCUT2D eigenvalue weighted by Gasteiger charge is -2.09. The third-order valence-corrected chi connectivity index (χ3v) is 2.37. The maximum absolute atomic E-state index is 5.51. The lowest BCUT2D eigenvalue weighted by molar-refractivity contribution is 0.0927. The largest absolute Gasteiger partial charge is 0.376 e. The molecule has 1 fully saturated rings. The fraction of sp³-hybridized carbons (Fsp3) is 0.875. The number of rotatable bonds is 4. The van der Waals surface area contributed by atoms with E-state index in [0.717, 1.165) is 38.2 Å². The number of ether oxygens (including phenoxy) is 1. The highest BCUT2D eigenvalue weighted by Crippen LogP contribution is 2.13. The molecule has 1 unspecified atom stereocenters. The van der Waals surface area contributed by atoms with Gasteiger partial charge in [0, 0.05) is 13.0 Å².